The second-order valence-electron chi connectivity index (χ2n) is 9.28. The first-order chi connectivity index (χ1) is 19.7. The number of benzene rings is 3. The Labute approximate surface area is 237 Å². The molecule has 3 aromatic carbocycles. The van der Waals surface area contributed by atoms with Crippen molar-refractivity contribution in [3.05, 3.63) is 106 Å². The molecule has 1 aliphatic rings. The highest BCUT2D eigenvalue weighted by Gasteiger charge is 2.61. The summed E-state index contributed by atoms with van der Waals surface area (Å²) in [5.74, 6) is -3.86. The van der Waals surface area contributed by atoms with Crippen molar-refractivity contribution in [2.75, 3.05) is 5.32 Å². The van der Waals surface area contributed by atoms with Crippen molar-refractivity contribution >= 4 is 47.1 Å². The summed E-state index contributed by atoms with van der Waals surface area (Å²) in [7, 11) is 0. The fourth-order valence-electron chi connectivity index (χ4n) is 4.50. The summed E-state index contributed by atoms with van der Waals surface area (Å²) in [4.78, 5) is 49.4. The zero-order valence-electron chi connectivity index (χ0n) is 21.1. The maximum Gasteiger partial charge on any atom is 0.335 e. The number of rotatable bonds is 9. The molecule has 0 bridgehead atoms. The van der Waals surface area contributed by atoms with Gasteiger partial charge < -0.3 is 20.8 Å². The maximum atomic E-state index is 13.6. The van der Waals surface area contributed by atoms with E-state index in [4.69, 9.17) is 16.7 Å². The summed E-state index contributed by atoms with van der Waals surface area (Å²) in [6.07, 6.45) is 4.36. The molecule has 12 nitrogen and oxygen atoms in total. The molecule has 0 unspecified atom stereocenters. The number of carbonyl (C=O) groups is 4. The largest absolute Gasteiger partial charge is 0.478 e. The highest BCUT2D eigenvalue weighted by Crippen LogP contribution is 2.52. The Hall–Kier alpha value is -5.36. The van der Waals surface area contributed by atoms with Crippen molar-refractivity contribution in [3.63, 3.8) is 0 Å². The van der Waals surface area contributed by atoms with E-state index in [0.717, 1.165) is 0 Å². The lowest BCUT2D eigenvalue weighted by molar-refractivity contribution is -0.124. The molecule has 1 saturated carbocycles. The van der Waals surface area contributed by atoms with Gasteiger partial charge in [0.15, 0.2) is 0 Å². The maximum absolute atomic E-state index is 13.6. The lowest BCUT2D eigenvalue weighted by Gasteiger charge is -2.19. The van der Waals surface area contributed by atoms with Gasteiger partial charge in [-0.25, -0.2) is 9.59 Å². The number of tetrazole rings is 1. The minimum absolute atomic E-state index is 0.0491. The summed E-state index contributed by atoms with van der Waals surface area (Å²) < 4.78 is 1.41. The molecule has 1 fully saturated rings. The van der Waals surface area contributed by atoms with Gasteiger partial charge in [-0.2, -0.15) is 4.68 Å². The molecule has 5 rings (SSSR count). The van der Waals surface area contributed by atoms with Gasteiger partial charge in [-0.05, 0) is 83.1 Å². The molecular formula is C28H21ClN6O6. The normalized spacial score (nSPS) is 17.6. The van der Waals surface area contributed by atoms with E-state index in [-0.39, 0.29) is 17.5 Å². The van der Waals surface area contributed by atoms with Crippen molar-refractivity contribution in [1.82, 2.24) is 25.5 Å². The minimum atomic E-state index is -1.39. The number of carbonyl (C=O) groups excluding carboxylic acids is 2. The average molecular weight is 573 g/mol. The van der Waals surface area contributed by atoms with Gasteiger partial charge in [-0.1, -0.05) is 23.7 Å². The number of nitrogens with one attached hydrogen (secondary N) is 2. The van der Waals surface area contributed by atoms with Gasteiger partial charge in [0.25, 0.3) is 5.91 Å². The quantitative estimate of drug-likeness (QED) is 0.219. The minimum Gasteiger partial charge on any atom is -0.478 e. The van der Waals surface area contributed by atoms with Gasteiger partial charge in [0.05, 0.1) is 16.8 Å². The molecule has 206 valence electrons. The SMILES string of the molecule is O=C(/C=C/c1cc(Cl)ccc1-n1cnnn1)N[C@]1(C(=O)Nc2ccc(C(=O)O)cc2)C[C@H]1c1cccc(C(=O)O)c1. The standard InChI is InChI=1S/C28H21ClN6O6/c29-20-7-10-23(35-15-30-33-34-35)18(13-20)6-11-24(36)32-28(14-22(28)17-2-1-3-19(12-17)26(39)40)27(41)31-21-8-4-16(5-9-21)25(37)38/h1-13,15,22H,14H2,(H,31,41)(H,32,36)(H,37,38)(H,39,40)/b11-6+/t22-,28+/m0/s1. The number of carboxylic acid groups (broad SMARTS) is 2. The zero-order valence-corrected chi connectivity index (χ0v) is 21.8. The number of carboxylic acids is 2. The van der Waals surface area contributed by atoms with E-state index in [1.165, 1.54) is 59.6 Å². The van der Waals surface area contributed by atoms with Crippen LogP contribution < -0.4 is 10.6 Å². The summed E-state index contributed by atoms with van der Waals surface area (Å²) in [6.45, 7) is 0. The second-order valence-corrected chi connectivity index (χ2v) is 9.71. The van der Waals surface area contributed by atoms with Crippen molar-refractivity contribution in [2.45, 2.75) is 17.9 Å². The molecule has 1 aliphatic carbocycles. The number of aromatic carboxylic acids is 2. The lowest BCUT2D eigenvalue weighted by atomic mass is 10.0. The number of hydrogen-bond donors (Lipinski definition) is 4. The van der Waals surface area contributed by atoms with E-state index in [1.54, 1.807) is 30.3 Å². The fourth-order valence-corrected chi connectivity index (χ4v) is 4.69. The van der Waals surface area contributed by atoms with Crippen molar-refractivity contribution < 1.29 is 29.4 Å². The third-order valence-electron chi connectivity index (χ3n) is 6.64. The molecule has 1 aromatic heterocycles. The van der Waals surface area contributed by atoms with Gasteiger partial charge >= 0.3 is 11.9 Å². The highest BCUT2D eigenvalue weighted by molar-refractivity contribution is 6.30. The number of hydrogen-bond acceptors (Lipinski definition) is 7. The van der Waals surface area contributed by atoms with Crippen molar-refractivity contribution in [1.29, 1.82) is 0 Å². The molecule has 0 aliphatic heterocycles. The Morgan fingerprint density at radius 1 is 0.976 bits per heavy atom. The van der Waals surface area contributed by atoms with Crippen LogP contribution in [-0.4, -0.2) is 59.7 Å². The Balaban J connectivity index is 1.41. The van der Waals surface area contributed by atoms with Crippen LogP contribution in [0, 0.1) is 0 Å². The first-order valence-corrected chi connectivity index (χ1v) is 12.6. The van der Waals surface area contributed by atoms with Crippen LogP contribution in [0.2, 0.25) is 5.02 Å². The number of nitrogens with zero attached hydrogens (tertiary/aromatic N) is 4. The van der Waals surface area contributed by atoms with Crippen LogP contribution in [0.15, 0.2) is 79.1 Å². The Morgan fingerprint density at radius 2 is 1.73 bits per heavy atom. The second kappa shape index (κ2) is 11.0. The third kappa shape index (κ3) is 5.82. The van der Waals surface area contributed by atoms with Gasteiger partial charge in [0.1, 0.15) is 11.9 Å². The van der Waals surface area contributed by atoms with Gasteiger partial charge in [0.2, 0.25) is 5.91 Å². The van der Waals surface area contributed by atoms with Gasteiger partial charge in [-0.3, -0.25) is 9.59 Å². The van der Waals surface area contributed by atoms with E-state index in [1.807, 2.05) is 0 Å². The summed E-state index contributed by atoms with van der Waals surface area (Å²) >= 11 is 6.15. The van der Waals surface area contributed by atoms with Gasteiger partial charge in [-0.15, -0.1) is 5.10 Å². The number of amides is 2. The summed E-state index contributed by atoms with van der Waals surface area (Å²) in [6, 6.07) is 16.7. The van der Waals surface area contributed by atoms with Crippen LogP contribution in [0.4, 0.5) is 5.69 Å². The van der Waals surface area contributed by atoms with Crippen LogP contribution >= 0.6 is 11.6 Å². The van der Waals surface area contributed by atoms with E-state index in [0.29, 0.717) is 27.5 Å². The number of anilines is 1. The topological polar surface area (TPSA) is 176 Å². The monoisotopic (exact) mass is 572 g/mol. The first kappa shape index (κ1) is 27.2. The van der Waals surface area contributed by atoms with Crippen LogP contribution in [-0.2, 0) is 9.59 Å². The highest BCUT2D eigenvalue weighted by atomic mass is 35.5. The molecule has 0 spiro atoms. The molecule has 2 amide bonds. The van der Waals surface area contributed by atoms with Crippen LogP contribution in [0.5, 0.6) is 0 Å². The van der Waals surface area contributed by atoms with E-state index in [9.17, 15) is 24.3 Å². The molecular weight excluding hydrogens is 552 g/mol. The third-order valence-corrected chi connectivity index (χ3v) is 6.87. The number of aromatic nitrogens is 4. The fraction of sp³-hybridized carbons (Fsp3) is 0.107. The predicted octanol–water partition coefficient (Wildman–Crippen LogP) is 3.41. The van der Waals surface area contributed by atoms with Crippen molar-refractivity contribution in [2.24, 2.45) is 0 Å². The Bertz CT molecular complexity index is 1690. The van der Waals surface area contributed by atoms with Crippen LogP contribution in [0.3, 0.4) is 0 Å². The molecule has 4 aromatic rings. The first-order valence-electron chi connectivity index (χ1n) is 12.2. The van der Waals surface area contributed by atoms with E-state index in [2.05, 4.69) is 26.2 Å². The smallest absolute Gasteiger partial charge is 0.335 e. The van der Waals surface area contributed by atoms with E-state index >= 15 is 0 Å². The van der Waals surface area contributed by atoms with Crippen LogP contribution in [0.1, 0.15) is 44.2 Å². The molecule has 0 radical (unpaired) electrons. The summed E-state index contributed by atoms with van der Waals surface area (Å²) in [5.41, 5.74) is 0.717. The lowest BCUT2D eigenvalue weighted by Crippen LogP contribution is -2.47. The average Bonchev–Trinajstić information content (AvgIpc) is 3.42. The molecule has 13 heteroatoms. The number of halogens is 1. The summed E-state index contributed by atoms with van der Waals surface area (Å²) in [5, 5.41) is 35.6. The van der Waals surface area contributed by atoms with Gasteiger partial charge in [0, 0.05) is 28.3 Å². The van der Waals surface area contributed by atoms with Crippen LogP contribution in [0.25, 0.3) is 11.8 Å². The predicted molar refractivity (Wildman–Crippen MR) is 147 cm³/mol. The molecule has 1 heterocycles. The molecule has 4 N–H and O–H groups in total. The zero-order chi connectivity index (χ0) is 29.1. The molecule has 0 saturated heterocycles. The molecule has 41 heavy (non-hydrogen) atoms. The van der Waals surface area contributed by atoms with Crippen molar-refractivity contribution in [3.8, 4) is 5.69 Å². The Morgan fingerprint density at radius 3 is 2.41 bits per heavy atom. The Kier molecular flexibility index (Phi) is 7.32. The van der Waals surface area contributed by atoms with E-state index < -0.39 is 35.2 Å². The molecule has 2 atom stereocenters.